The van der Waals surface area contributed by atoms with Crippen molar-refractivity contribution in [2.24, 2.45) is 5.41 Å². The molecule has 0 aliphatic carbocycles. The molecule has 0 saturated carbocycles. The molecule has 110 valence electrons. The second-order valence-electron chi connectivity index (χ2n) is 5.06. The lowest BCUT2D eigenvalue weighted by molar-refractivity contribution is -0.146. The average Bonchev–Trinajstić information content (AvgIpc) is 2.72. The van der Waals surface area contributed by atoms with Crippen LogP contribution in [0.5, 0.6) is 0 Å². The lowest BCUT2D eigenvalue weighted by Gasteiger charge is -2.23. The highest BCUT2D eigenvalue weighted by atomic mass is 79.9. The quantitative estimate of drug-likeness (QED) is 0.888. The number of nitrogens with zero attached hydrogens (tertiary/aromatic N) is 2. The van der Waals surface area contributed by atoms with Crippen LogP contribution in [0.3, 0.4) is 0 Å². The predicted molar refractivity (Wildman–Crippen MR) is 69.5 cm³/mol. The standard InChI is InChI=1S/C12H12BrF3N2O2/c1-11(10(19)20)2-3-18(6-11)9-8(12(14,15)16)4-7(13)5-17-9/h4-5H,2-3,6H2,1H3,(H,19,20). The summed E-state index contributed by atoms with van der Waals surface area (Å²) >= 11 is 2.97. The van der Waals surface area contributed by atoms with Crippen LogP contribution in [0.2, 0.25) is 0 Å². The first kappa shape index (κ1) is 15.1. The number of rotatable bonds is 2. The molecule has 4 nitrogen and oxygen atoms in total. The normalized spacial score (nSPS) is 23.1. The molecule has 1 unspecified atom stereocenters. The van der Waals surface area contributed by atoms with Crippen molar-refractivity contribution in [3.63, 3.8) is 0 Å². The van der Waals surface area contributed by atoms with Crippen LogP contribution in [0.15, 0.2) is 16.7 Å². The summed E-state index contributed by atoms with van der Waals surface area (Å²) in [5.74, 6) is -1.23. The molecule has 8 heteroatoms. The molecule has 1 aromatic heterocycles. The van der Waals surface area contributed by atoms with Gasteiger partial charge in [-0.1, -0.05) is 0 Å². The van der Waals surface area contributed by atoms with Crippen molar-refractivity contribution >= 4 is 27.7 Å². The number of aliphatic carboxylic acids is 1. The van der Waals surface area contributed by atoms with Crippen molar-refractivity contribution in [1.82, 2.24) is 4.98 Å². The smallest absolute Gasteiger partial charge is 0.419 e. The van der Waals surface area contributed by atoms with Crippen LogP contribution >= 0.6 is 15.9 Å². The van der Waals surface area contributed by atoms with Gasteiger partial charge >= 0.3 is 12.1 Å². The summed E-state index contributed by atoms with van der Waals surface area (Å²) in [5.41, 5.74) is -1.90. The fourth-order valence-corrected chi connectivity index (χ4v) is 2.54. The van der Waals surface area contributed by atoms with Crippen molar-refractivity contribution in [1.29, 1.82) is 0 Å². The maximum absolute atomic E-state index is 13.0. The maximum Gasteiger partial charge on any atom is 0.419 e. The molecule has 1 aliphatic heterocycles. The number of carbonyl (C=O) groups is 1. The van der Waals surface area contributed by atoms with Crippen molar-refractivity contribution < 1.29 is 23.1 Å². The van der Waals surface area contributed by atoms with Crippen molar-refractivity contribution in [3.05, 3.63) is 22.3 Å². The van der Waals surface area contributed by atoms with Gasteiger partial charge in [-0.25, -0.2) is 4.98 Å². The Hall–Kier alpha value is -1.31. The van der Waals surface area contributed by atoms with Crippen molar-refractivity contribution in [2.45, 2.75) is 19.5 Å². The number of hydrogen-bond donors (Lipinski definition) is 1. The number of carboxylic acid groups (broad SMARTS) is 1. The number of pyridine rings is 1. The highest BCUT2D eigenvalue weighted by Gasteiger charge is 2.44. The number of aromatic nitrogens is 1. The van der Waals surface area contributed by atoms with Crippen LogP contribution in [0.25, 0.3) is 0 Å². The van der Waals surface area contributed by atoms with E-state index in [4.69, 9.17) is 5.11 Å². The fourth-order valence-electron chi connectivity index (χ4n) is 2.21. The van der Waals surface area contributed by atoms with Crippen LogP contribution in [0, 0.1) is 5.41 Å². The van der Waals surface area contributed by atoms with Gasteiger partial charge < -0.3 is 10.0 Å². The predicted octanol–water partition coefficient (Wildman–Crippen LogP) is 3.16. The van der Waals surface area contributed by atoms with Gasteiger partial charge in [0.15, 0.2) is 0 Å². The molecule has 1 fully saturated rings. The Morgan fingerprint density at radius 2 is 2.20 bits per heavy atom. The van der Waals surface area contributed by atoms with E-state index in [2.05, 4.69) is 20.9 Å². The SMILES string of the molecule is CC1(C(=O)O)CCN(c2ncc(Br)cc2C(F)(F)F)C1. The highest BCUT2D eigenvalue weighted by Crippen LogP contribution is 2.40. The third kappa shape index (κ3) is 2.74. The summed E-state index contributed by atoms with van der Waals surface area (Å²) in [4.78, 5) is 16.4. The van der Waals surface area contributed by atoms with Crippen molar-refractivity contribution in [2.75, 3.05) is 18.0 Å². The lowest BCUT2D eigenvalue weighted by Crippen LogP contribution is -2.32. The molecule has 0 bridgehead atoms. The van der Waals surface area contributed by atoms with Gasteiger partial charge in [0, 0.05) is 23.8 Å². The summed E-state index contributed by atoms with van der Waals surface area (Å²) in [6, 6.07) is 0.957. The minimum absolute atomic E-state index is 0.0139. The fraction of sp³-hybridized carbons (Fsp3) is 0.500. The second kappa shape index (κ2) is 4.91. The van der Waals surface area contributed by atoms with E-state index in [1.54, 1.807) is 0 Å². The molecule has 0 radical (unpaired) electrons. The summed E-state index contributed by atoms with van der Waals surface area (Å²) in [6.07, 6.45) is -2.97. The molecule has 0 aromatic carbocycles. The van der Waals surface area contributed by atoms with Gasteiger partial charge in [-0.05, 0) is 35.3 Å². The first-order valence-corrected chi connectivity index (χ1v) is 6.64. The first-order chi connectivity index (χ1) is 9.13. The molecule has 0 spiro atoms. The van der Waals surface area contributed by atoms with Gasteiger partial charge in [0.2, 0.25) is 0 Å². The van der Waals surface area contributed by atoms with E-state index in [-0.39, 0.29) is 29.8 Å². The Morgan fingerprint density at radius 3 is 2.70 bits per heavy atom. The summed E-state index contributed by atoms with van der Waals surface area (Å²) in [7, 11) is 0. The van der Waals surface area contributed by atoms with E-state index in [0.717, 1.165) is 6.07 Å². The summed E-state index contributed by atoms with van der Waals surface area (Å²) in [6.45, 7) is 1.78. The minimum Gasteiger partial charge on any atom is -0.481 e. The van der Waals surface area contributed by atoms with E-state index < -0.39 is 23.1 Å². The van der Waals surface area contributed by atoms with E-state index in [9.17, 15) is 18.0 Å². The summed E-state index contributed by atoms with van der Waals surface area (Å²) in [5, 5.41) is 9.13. The minimum atomic E-state index is -4.53. The van der Waals surface area contributed by atoms with E-state index in [1.807, 2.05) is 0 Å². The molecule has 1 saturated heterocycles. The molecular weight excluding hydrogens is 341 g/mol. The van der Waals surface area contributed by atoms with Crippen LogP contribution < -0.4 is 4.90 Å². The topological polar surface area (TPSA) is 53.4 Å². The third-order valence-electron chi connectivity index (χ3n) is 3.43. The summed E-state index contributed by atoms with van der Waals surface area (Å²) < 4.78 is 39.3. The second-order valence-corrected chi connectivity index (χ2v) is 5.98. The highest BCUT2D eigenvalue weighted by molar-refractivity contribution is 9.10. The van der Waals surface area contributed by atoms with Gasteiger partial charge in [-0.2, -0.15) is 13.2 Å². The van der Waals surface area contributed by atoms with Crippen LogP contribution in [0.1, 0.15) is 18.9 Å². The first-order valence-electron chi connectivity index (χ1n) is 5.84. The van der Waals surface area contributed by atoms with Crippen LogP contribution in [-0.2, 0) is 11.0 Å². The lowest BCUT2D eigenvalue weighted by atomic mass is 9.90. The van der Waals surface area contributed by atoms with Crippen molar-refractivity contribution in [3.8, 4) is 0 Å². The van der Waals surface area contributed by atoms with E-state index in [0.29, 0.717) is 0 Å². The van der Waals surface area contributed by atoms with Gasteiger partial charge in [0.05, 0.1) is 11.0 Å². The Morgan fingerprint density at radius 1 is 1.55 bits per heavy atom. The Bertz CT molecular complexity index is 550. The molecule has 2 heterocycles. The Kier molecular flexibility index (Phi) is 3.70. The van der Waals surface area contributed by atoms with Gasteiger partial charge in [-0.15, -0.1) is 0 Å². The zero-order chi connectivity index (χ0) is 15.1. The third-order valence-corrected chi connectivity index (χ3v) is 3.86. The molecule has 2 rings (SSSR count). The molecule has 1 aromatic rings. The monoisotopic (exact) mass is 352 g/mol. The zero-order valence-corrected chi connectivity index (χ0v) is 12.1. The molecule has 1 aliphatic rings. The average molecular weight is 353 g/mol. The van der Waals surface area contributed by atoms with Crippen LogP contribution in [0.4, 0.5) is 19.0 Å². The number of carboxylic acids is 1. The number of hydrogen-bond acceptors (Lipinski definition) is 3. The molecule has 20 heavy (non-hydrogen) atoms. The Balaban J connectivity index is 2.38. The molecular formula is C12H12BrF3N2O2. The number of anilines is 1. The van der Waals surface area contributed by atoms with Gasteiger partial charge in [-0.3, -0.25) is 4.79 Å². The van der Waals surface area contributed by atoms with Gasteiger partial charge in [0.1, 0.15) is 5.82 Å². The number of halogens is 4. The molecule has 1 N–H and O–H groups in total. The Labute approximate surface area is 121 Å². The maximum atomic E-state index is 13.0. The van der Waals surface area contributed by atoms with E-state index in [1.165, 1.54) is 18.0 Å². The molecule has 1 atom stereocenters. The van der Waals surface area contributed by atoms with Crippen LogP contribution in [-0.4, -0.2) is 29.1 Å². The molecule has 0 amide bonds. The zero-order valence-electron chi connectivity index (χ0n) is 10.5. The number of alkyl halides is 3. The largest absolute Gasteiger partial charge is 0.481 e. The van der Waals surface area contributed by atoms with E-state index >= 15 is 0 Å². The van der Waals surface area contributed by atoms with Gasteiger partial charge in [0.25, 0.3) is 0 Å².